The highest BCUT2D eigenvalue weighted by molar-refractivity contribution is 5.31. The van der Waals surface area contributed by atoms with E-state index in [2.05, 4.69) is 46.4 Å². The molecule has 1 saturated heterocycles. The molecule has 1 aliphatic rings. The van der Waals surface area contributed by atoms with Crippen LogP contribution in [0.4, 0.5) is 0 Å². The van der Waals surface area contributed by atoms with Crippen LogP contribution in [-0.2, 0) is 6.54 Å². The average Bonchev–Trinajstić information content (AvgIpc) is 2.39. The van der Waals surface area contributed by atoms with Crippen LogP contribution in [0.15, 0.2) is 24.3 Å². The van der Waals surface area contributed by atoms with E-state index in [1.807, 2.05) is 18.2 Å². The van der Waals surface area contributed by atoms with Crippen molar-refractivity contribution in [3.05, 3.63) is 29.8 Å². The molecule has 1 fully saturated rings. The van der Waals surface area contributed by atoms with E-state index in [0.29, 0.717) is 28.4 Å². The van der Waals surface area contributed by atoms with Crippen molar-refractivity contribution in [1.82, 2.24) is 4.90 Å². The molecule has 0 aliphatic carbocycles. The standard InChI is InChI=1S/C20H33NO/c1-19(2,3)16-11-17(20(4,5)6)14-21(13-16)12-15-9-7-8-10-18(15)22/h7-10,16-17,22H,11-14H2,1-6H3. The Kier molecular flexibility index (Phi) is 4.91. The first-order chi connectivity index (χ1) is 10.1. The number of piperidine rings is 1. The Morgan fingerprint density at radius 1 is 0.955 bits per heavy atom. The molecule has 1 aliphatic heterocycles. The highest BCUT2D eigenvalue weighted by Crippen LogP contribution is 2.42. The van der Waals surface area contributed by atoms with Gasteiger partial charge >= 0.3 is 0 Å². The smallest absolute Gasteiger partial charge is 0.120 e. The van der Waals surface area contributed by atoms with Gasteiger partial charge in [-0.3, -0.25) is 4.90 Å². The summed E-state index contributed by atoms with van der Waals surface area (Å²) in [5, 5.41) is 10.1. The lowest BCUT2D eigenvalue weighted by Crippen LogP contribution is -2.47. The van der Waals surface area contributed by atoms with Gasteiger partial charge in [-0.15, -0.1) is 0 Å². The van der Waals surface area contributed by atoms with Crippen molar-refractivity contribution in [1.29, 1.82) is 0 Å². The molecule has 2 heteroatoms. The Hall–Kier alpha value is -1.02. The number of aromatic hydroxyl groups is 1. The van der Waals surface area contributed by atoms with Gasteiger partial charge in [0.2, 0.25) is 0 Å². The number of hydrogen-bond donors (Lipinski definition) is 1. The highest BCUT2D eigenvalue weighted by atomic mass is 16.3. The van der Waals surface area contributed by atoms with E-state index in [9.17, 15) is 5.11 Å². The topological polar surface area (TPSA) is 23.5 Å². The van der Waals surface area contributed by atoms with Crippen molar-refractivity contribution in [2.45, 2.75) is 54.5 Å². The second-order valence-electron chi connectivity index (χ2n) is 9.18. The molecular formula is C20H33NO. The summed E-state index contributed by atoms with van der Waals surface area (Å²) in [5.41, 5.74) is 1.71. The molecule has 1 aromatic rings. The van der Waals surface area contributed by atoms with Crippen LogP contribution in [0.3, 0.4) is 0 Å². The van der Waals surface area contributed by atoms with Crippen molar-refractivity contribution < 1.29 is 5.11 Å². The zero-order chi connectivity index (χ0) is 16.5. The molecule has 0 saturated carbocycles. The van der Waals surface area contributed by atoms with Crippen molar-refractivity contribution in [2.75, 3.05) is 13.1 Å². The molecule has 1 heterocycles. The SMILES string of the molecule is CC(C)(C)C1CC(C(C)(C)C)CN(Cc2ccccc2O)C1. The summed E-state index contributed by atoms with van der Waals surface area (Å²) in [5.74, 6) is 1.83. The van der Waals surface area contributed by atoms with Crippen molar-refractivity contribution in [3.63, 3.8) is 0 Å². The quantitative estimate of drug-likeness (QED) is 0.838. The number of phenolic OH excluding ortho intramolecular Hbond substituents is 1. The van der Waals surface area contributed by atoms with E-state index >= 15 is 0 Å². The molecule has 2 atom stereocenters. The van der Waals surface area contributed by atoms with E-state index in [1.54, 1.807) is 6.07 Å². The third-order valence-electron chi connectivity index (χ3n) is 5.36. The molecule has 0 aromatic heterocycles. The zero-order valence-electron chi connectivity index (χ0n) is 15.2. The van der Waals surface area contributed by atoms with Crippen molar-refractivity contribution >= 4 is 0 Å². The molecule has 2 nitrogen and oxygen atoms in total. The van der Waals surface area contributed by atoms with Gasteiger partial charge in [-0.1, -0.05) is 59.7 Å². The van der Waals surface area contributed by atoms with Crippen LogP contribution in [0, 0.1) is 22.7 Å². The highest BCUT2D eigenvalue weighted by Gasteiger charge is 2.38. The average molecular weight is 303 g/mol. The molecule has 2 rings (SSSR count). The predicted octanol–water partition coefficient (Wildman–Crippen LogP) is 4.92. The Morgan fingerprint density at radius 2 is 1.45 bits per heavy atom. The third-order valence-corrected chi connectivity index (χ3v) is 5.36. The van der Waals surface area contributed by atoms with Crippen molar-refractivity contribution in [3.8, 4) is 5.75 Å². The number of hydrogen-bond acceptors (Lipinski definition) is 2. The molecule has 1 aromatic carbocycles. The molecular weight excluding hydrogens is 270 g/mol. The molecule has 124 valence electrons. The van der Waals surface area contributed by atoms with Gasteiger partial charge in [0, 0.05) is 25.2 Å². The summed E-state index contributed by atoms with van der Waals surface area (Å²) in [6, 6.07) is 7.75. The Bertz CT molecular complexity index is 473. The van der Waals surface area contributed by atoms with Gasteiger partial charge in [0.1, 0.15) is 5.75 Å². The number of benzene rings is 1. The van der Waals surface area contributed by atoms with Gasteiger partial charge < -0.3 is 5.11 Å². The largest absolute Gasteiger partial charge is 0.508 e. The second-order valence-corrected chi connectivity index (χ2v) is 9.18. The molecule has 1 N–H and O–H groups in total. The minimum atomic E-state index is 0.334. The first kappa shape index (κ1) is 17.3. The molecule has 0 radical (unpaired) electrons. The number of para-hydroxylation sites is 1. The Morgan fingerprint density at radius 3 is 1.91 bits per heavy atom. The summed E-state index contributed by atoms with van der Waals surface area (Å²) >= 11 is 0. The van der Waals surface area contributed by atoms with E-state index in [1.165, 1.54) is 6.42 Å². The summed E-state index contributed by atoms with van der Waals surface area (Å²) < 4.78 is 0. The minimum Gasteiger partial charge on any atom is -0.508 e. The van der Waals surface area contributed by atoms with Gasteiger partial charge in [0.05, 0.1) is 0 Å². The van der Waals surface area contributed by atoms with Crippen LogP contribution in [0.2, 0.25) is 0 Å². The molecule has 22 heavy (non-hydrogen) atoms. The van der Waals surface area contributed by atoms with E-state index in [4.69, 9.17) is 0 Å². The fraction of sp³-hybridized carbons (Fsp3) is 0.700. The number of likely N-dealkylation sites (tertiary alicyclic amines) is 1. The first-order valence-electron chi connectivity index (χ1n) is 8.56. The maximum atomic E-state index is 10.1. The lowest BCUT2D eigenvalue weighted by Gasteiger charge is -2.47. The van der Waals surface area contributed by atoms with Crippen LogP contribution in [-0.4, -0.2) is 23.1 Å². The van der Waals surface area contributed by atoms with Gasteiger partial charge in [-0.25, -0.2) is 0 Å². The maximum absolute atomic E-state index is 10.1. The van der Waals surface area contributed by atoms with E-state index in [0.717, 1.165) is 25.2 Å². The van der Waals surface area contributed by atoms with Crippen LogP contribution < -0.4 is 0 Å². The van der Waals surface area contributed by atoms with E-state index in [-0.39, 0.29) is 0 Å². The van der Waals surface area contributed by atoms with Crippen LogP contribution in [0.5, 0.6) is 5.75 Å². The van der Waals surface area contributed by atoms with Gasteiger partial charge in [-0.05, 0) is 35.2 Å². The summed E-state index contributed by atoms with van der Waals surface area (Å²) in [6.07, 6.45) is 1.31. The van der Waals surface area contributed by atoms with Crippen LogP contribution in [0.25, 0.3) is 0 Å². The lowest BCUT2D eigenvalue weighted by atomic mass is 9.67. The van der Waals surface area contributed by atoms with Gasteiger partial charge in [-0.2, -0.15) is 0 Å². The maximum Gasteiger partial charge on any atom is 0.120 e. The van der Waals surface area contributed by atoms with Gasteiger partial charge in [0.15, 0.2) is 0 Å². The van der Waals surface area contributed by atoms with Crippen LogP contribution in [0.1, 0.15) is 53.5 Å². The summed E-state index contributed by atoms with van der Waals surface area (Å²) in [7, 11) is 0. The lowest BCUT2D eigenvalue weighted by molar-refractivity contribution is 0.0159. The Labute approximate surface area is 136 Å². The first-order valence-corrected chi connectivity index (χ1v) is 8.56. The van der Waals surface area contributed by atoms with Crippen molar-refractivity contribution in [2.24, 2.45) is 22.7 Å². The normalized spacial score (nSPS) is 24.5. The fourth-order valence-corrected chi connectivity index (χ4v) is 3.46. The Balaban J connectivity index is 2.17. The van der Waals surface area contributed by atoms with Gasteiger partial charge in [0.25, 0.3) is 0 Å². The number of phenols is 1. The van der Waals surface area contributed by atoms with E-state index < -0.39 is 0 Å². The summed E-state index contributed by atoms with van der Waals surface area (Å²) in [4.78, 5) is 2.55. The number of nitrogens with zero attached hydrogens (tertiary/aromatic N) is 1. The summed E-state index contributed by atoms with van der Waals surface area (Å²) in [6.45, 7) is 17.3. The fourth-order valence-electron chi connectivity index (χ4n) is 3.46. The van der Waals surface area contributed by atoms with Crippen LogP contribution >= 0.6 is 0 Å². The molecule has 2 unspecified atom stereocenters. The predicted molar refractivity (Wildman–Crippen MR) is 93.9 cm³/mol. The third kappa shape index (κ3) is 4.25. The second kappa shape index (κ2) is 6.23. The number of rotatable bonds is 2. The zero-order valence-corrected chi connectivity index (χ0v) is 15.2. The monoisotopic (exact) mass is 303 g/mol. The molecule has 0 spiro atoms. The molecule has 0 amide bonds. The molecule has 0 bridgehead atoms. The minimum absolute atomic E-state index is 0.334.